The van der Waals surface area contributed by atoms with Gasteiger partial charge in [-0.25, -0.2) is 0 Å². The van der Waals surface area contributed by atoms with Gasteiger partial charge in [-0.15, -0.1) is 0 Å². The van der Waals surface area contributed by atoms with Crippen LogP contribution in [-0.4, -0.2) is 0 Å². The Kier molecular flexibility index (Phi) is 2.29. The van der Waals surface area contributed by atoms with Gasteiger partial charge in [-0.05, 0) is 47.3 Å². The molecule has 2 atom stereocenters. The topological polar surface area (TPSA) is 0 Å². The first kappa shape index (κ1) is 10.8. The monoisotopic (exact) mass is 224 g/mol. The van der Waals surface area contributed by atoms with E-state index in [9.17, 15) is 0 Å². The highest BCUT2D eigenvalue weighted by molar-refractivity contribution is 5.78. The second-order valence-electron chi connectivity index (χ2n) is 5.85. The Labute approximate surface area is 104 Å². The van der Waals surface area contributed by atoms with Crippen LogP contribution in [0.25, 0.3) is 5.57 Å². The van der Waals surface area contributed by atoms with E-state index in [0.29, 0.717) is 5.41 Å². The first-order chi connectivity index (χ1) is 8.13. The van der Waals surface area contributed by atoms with Crippen molar-refractivity contribution in [3.63, 3.8) is 0 Å². The average molecular weight is 224 g/mol. The van der Waals surface area contributed by atoms with Crippen molar-refractivity contribution in [1.82, 2.24) is 0 Å². The Bertz CT molecular complexity index is 505. The Morgan fingerprint density at radius 3 is 2.65 bits per heavy atom. The highest BCUT2D eigenvalue weighted by atomic mass is 14.6. The van der Waals surface area contributed by atoms with Crippen LogP contribution >= 0.6 is 0 Å². The van der Waals surface area contributed by atoms with E-state index in [4.69, 9.17) is 0 Å². The molecule has 0 aromatic heterocycles. The fraction of sp³-hybridized carbons (Fsp3) is 0.412. The van der Waals surface area contributed by atoms with Gasteiger partial charge in [0.2, 0.25) is 0 Å². The minimum Gasteiger partial charge on any atom is -0.0768 e. The van der Waals surface area contributed by atoms with E-state index in [1.807, 2.05) is 0 Å². The Balaban J connectivity index is 1.93. The summed E-state index contributed by atoms with van der Waals surface area (Å²) in [7, 11) is 0. The molecule has 0 N–H and O–H groups in total. The van der Waals surface area contributed by atoms with Crippen LogP contribution in [0.5, 0.6) is 0 Å². The Morgan fingerprint density at radius 1 is 1.24 bits per heavy atom. The maximum Gasteiger partial charge on any atom is -0.00226 e. The lowest BCUT2D eigenvalue weighted by Crippen LogP contribution is -2.11. The smallest absolute Gasteiger partial charge is 0.00226 e. The molecule has 0 spiro atoms. The SMILES string of the molecule is Cc1ccccc1C1=CC2CC2(C(C)C)C=C1. The minimum absolute atomic E-state index is 0.492. The molecular formula is C17H20. The lowest BCUT2D eigenvalue weighted by molar-refractivity contribution is 0.424. The van der Waals surface area contributed by atoms with Crippen LogP contribution in [0.1, 0.15) is 31.4 Å². The summed E-state index contributed by atoms with van der Waals surface area (Å²) in [6.45, 7) is 6.88. The highest BCUT2D eigenvalue weighted by Crippen LogP contribution is 2.62. The lowest BCUT2D eigenvalue weighted by atomic mass is 9.84. The van der Waals surface area contributed by atoms with Crippen LogP contribution in [0.3, 0.4) is 0 Å². The van der Waals surface area contributed by atoms with Gasteiger partial charge in [-0.1, -0.05) is 56.3 Å². The van der Waals surface area contributed by atoms with E-state index in [1.54, 1.807) is 0 Å². The molecule has 0 amide bonds. The molecule has 1 aromatic rings. The van der Waals surface area contributed by atoms with Crippen LogP contribution in [0.2, 0.25) is 0 Å². The maximum atomic E-state index is 2.49. The third-order valence-corrected chi connectivity index (χ3v) is 4.59. The predicted molar refractivity (Wildman–Crippen MR) is 73.7 cm³/mol. The molecule has 88 valence electrons. The number of aryl methyl sites for hydroxylation is 1. The standard InChI is InChI=1S/C17H20/c1-12(2)17-9-8-14(10-15(17)11-17)16-7-5-4-6-13(16)3/h4-10,12,15H,11H2,1-3H3. The molecule has 1 fully saturated rings. The minimum atomic E-state index is 0.492. The third kappa shape index (κ3) is 1.58. The fourth-order valence-corrected chi connectivity index (χ4v) is 3.18. The van der Waals surface area contributed by atoms with Crippen LogP contribution in [0.4, 0.5) is 0 Å². The van der Waals surface area contributed by atoms with Crippen molar-refractivity contribution < 1.29 is 0 Å². The zero-order chi connectivity index (χ0) is 12.0. The summed E-state index contributed by atoms with van der Waals surface area (Å²) in [5, 5.41) is 0. The molecule has 0 saturated heterocycles. The lowest BCUT2D eigenvalue weighted by Gasteiger charge is -2.21. The summed E-state index contributed by atoms with van der Waals surface area (Å²) in [6.07, 6.45) is 8.63. The second kappa shape index (κ2) is 3.60. The highest BCUT2D eigenvalue weighted by Gasteiger charge is 2.53. The molecule has 0 heterocycles. The first-order valence-corrected chi connectivity index (χ1v) is 6.60. The summed E-state index contributed by atoms with van der Waals surface area (Å²) in [6, 6.07) is 8.67. The number of hydrogen-bond donors (Lipinski definition) is 0. The number of hydrogen-bond acceptors (Lipinski definition) is 0. The third-order valence-electron chi connectivity index (χ3n) is 4.59. The van der Waals surface area contributed by atoms with Crippen molar-refractivity contribution >= 4 is 5.57 Å². The number of fused-ring (bicyclic) bond motifs is 1. The van der Waals surface area contributed by atoms with Crippen molar-refractivity contribution in [2.45, 2.75) is 27.2 Å². The van der Waals surface area contributed by atoms with Crippen molar-refractivity contribution in [3.8, 4) is 0 Å². The van der Waals surface area contributed by atoms with Gasteiger partial charge in [-0.3, -0.25) is 0 Å². The Morgan fingerprint density at radius 2 is 2.00 bits per heavy atom. The molecule has 2 aliphatic carbocycles. The molecule has 2 aliphatic rings. The molecule has 0 radical (unpaired) electrons. The first-order valence-electron chi connectivity index (χ1n) is 6.60. The van der Waals surface area contributed by atoms with Gasteiger partial charge in [0.25, 0.3) is 0 Å². The second-order valence-corrected chi connectivity index (χ2v) is 5.85. The van der Waals surface area contributed by atoms with Gasteiger partial charge in [0.1, 0.15) is 0 Å². The molecule has 0 heteroatoms. The van der Waals surface area contributed by atoms with E-state index in [-0.39, 0.29) is 0 Å². The molecule has 3 rings (SSSR count). The molecule has 1 aromatic carbocycles. The average Bonchev–Trinajstić information content (AvgIpc) is 3.04. The van der Waals surface area contributed by atoms with Crippen LogP contribution in [0.15, 0.2) is 42.5 Å². The molecule has 0 aliphatic heterocycles. The summed E-state index contributed by atoms with van der Waals surface area (Å²) in [5.74, 6) is 1.54. The molecule has 17 heavy (non-hydrogen) atoms. The fourth-order valence-electron chi connectivity index (χ4n) is 3.18. The van der Waals surface area contributed by atoms with Crippen molar-refractivity contribution in [3.05, 3.63) is 53.6 Å². The van der Waals surface area contributed by atoms with Crippen molar-refractivity contribution in [2.24, 2.45) is 17.3 Å². The maximum absolute atomic E-state index is 2.49. The van der Waals surface area contributed by atoms with Gasteiger partial charge in [-0.2, -0.15) is 0 Å². The summed E-state index contributed by atoms with van der Waals surface area (Å²) >= 11 is 0. The van der Waals surface area contributed by atoms with Gasteiger partial charge in [0.05, 0.1) is 0 Å². The van der Waals surface area contributed by atoms with Crippen LogP contribution < -0.4 is 0 Å². The van der Waals surface area contributed by atoms with Crippen molar-refractivity contribution in [2.75, 3.05) is 0 Å². The molecule has 0 nitrogen and oxygen atoms in total. The summed E-state index contributed by atoms with van der Waals surface area (Å²) < 4.78 is 0. The van der Waals surface area contributed by atoms with Gasteiger partial charge in [0.15, 0.2) is 0 Å². The van der Waals surface area contributed by atoms with E-state index in [2.05, 4.69) is 63.3 Å². The van der Waals surface area contributed by atoms with Crippen LogP contribution in [0, 0.1) is 24.2 Å². The normalized spacial score (nSPS) is 30.1. The van der Waals surface area contributed by atoms with Gasteiger partial charge in [0, 0.05) is 0 Å². The quantitative estimate of drug-likeness (QED) is 0.688. The number of allylic oxidation sites excluding steroid dienone is 4. The van der Waals surface area contributed by atoms with Crippen molar-refractivity contribution in [1.29, 1.82) is 0 Å². The van der Waals surface area contributed by atoms with E-state index < -0.39 is 0 Å². The predicted octanol–water partition coefficient (Wildman–Crippen LogP) is 4.61. The molecule has 0 bridgehead atoms. The molecule has 1 saturated carbocycles. The largest absolute Gasteiger partial charge is 0.0768 e. The zero-order valence-corrected chi connectivity index (χ0v) is 10.9. The van der Waals surface area contributed by atoms with E-state index in [1.165, 1.54) is 23.1 Å². The molecular weight excluding hydrogens is 204 g/mol. The number of benzene rings is 1. The summed E-state index contributed by atoms with van der Waals surface area (Å²) in [4.78, 5) is 0. The Hall–Kier alpha value is -1.30. The van der Waals surface area contributed by atoms with E-state index >= 15 is 0 Å². The summed E-state index contributed by atoms with van der Waals surface area (Å²) in [5.41, 5.74) is 4.68. The molecule has 2 unspecified atom stereocenters. The van der Waals surface area contributed by atoms with Crippen LogP contribution in [-0.2, 0) is 0 Å². The number of rotatable bonds is 2. The van der Waals surface area contributed by atoms with Gasteiger partial charge >= 0.3 is 0 Å². The van der Waals surface area contributed by atoms with Gasteiger partial charge < -0.3 is 0 Å². The zero-order valence-electron chi connectivity index (χ0n) is 10.9. The van der Waals surface area contributed by atoms with E-state index in [0.717, 1.165) is 11.8 Å².